The highest BCUT2D eigenvalue weighted by atomic mass is 16.5. The van der Waals surface area contributed by atoms with E-state index < -0.39 is 12.1 Å². The maximum Gasteiger partial charge on any atom is 0.312 e. The zero-order chi connectivity index (χ0) is 23.6. The molecule has 0 bridgehead atoms. The van der Waals surface area contributed by atoms with Gasteiger partial charge >= 0.3 is 6.03 Å². The quantitative estimate of drug-likeness (QED) is 0.399. The van der Waals surface area contributed by atoms with Crippen molar-refractivity contribution in [2.45, 2.75) is 25.9 Å². The number of amides is 4. The first kappa shape index (κ1) is 23.3. The molecule has 0 heterocycles. The Hall–Kier alpha value is -4.33. The van der Waals surface area contributed by atoms with Crippen LogP contribution in [0.25, 0.3) is 0 Å². The van der Waals surface area contributed by atoms with Crippen molar-refractivity contribution in [3.8, 4) is 11.5 Å². The molecule has 0 radical (unpaired) electrons. The van der Waals surface area contributed by atoms with Crippen molar-refractivity contribution in [2.24, 2.45) is 5.73 Å². The van der Waals surface area contributed by atoms with Crippen LogP contribution in [0.15, 0.2) is 78.9 Å². The van der Waals surface area contributed by atoms with Crippen molar-refractivity contribution in [1.82, 2.24) is 10.6 Å². The van der Waals surface area contributed by atoms with E-state index in [1.54, 1.807) is 42.5 Å². The number of primary amides is 1. The molecule has 4 amide bonds. The fourth-order valence-electron chi connectivity index (χ4n) is 3.26. The van der Waals surface area contributed by atoms with Crippen LogP contribution in [-0.4, -0.2) is 17.8 Å². The van der Waals surface area contributed by atoms with Gasteiger partial charge in [-0.3, -0.25) is 9.59 Å². The molecule has 0 saturated carbocycles. The van der Waals surface area contributed by atoms with Gasteiger partial charge in [0.1, 0.15) is 11.5 Å². The Bertz CT molecular complexity index is 1120. The van der Waals surface area contributed by atoms with Gasteiger partial charge in [0.15, 0.2) is 0 Å². The summed E-state index contributed by atoms with van der Waals surface area (Å²) in [7, 11) is 0. The Morgan fingerprint density at radius 1 is 0.909 bits per heavy atom. The molecule has 5 N–H and O–H groups in total. The molecule has 170 valence electrons. The van der Waals surface area contributed by atoms with E-state index in [9.17, 15) is 14.4 Å². The first-order valence-electron chi connectivity index (χ1n) is 10.4. The number of para-hydroxylation sites is 1. The maximum atomic E-state index is 12.6. The first-order chi connectivity index (χ1) is 15.9. The minimum absolute atomic E-state index is 0.0108. The van der Waals surface area contributed by atoms with Gasteiger partial charge in [0.05, 0.1) is 12.5 Å². The number of urea groups is 1. The summed E-state index contributed by atoms with van der Waals surface area (Å²) in [5.41, 5.74) is 7.50. The second kappa shape index (κ2) is 11.3. The molecule has 1 unspecified atom stereocenters. The number of hydrogen-bond donors (Lipinski definition) is 4. The lowest BCUT2D eigenvalue weighted by molar-refractivity contribution is -0.121. The van der Waals surface area contributed by atoms with Crippen LogP contribution in [0.5, 0.6) is 11.5 Å². The molecule has 0 aliphatic heterocycles. The molecule has 0 aromatic heterocycles. The summed E-state index contributed by atoms with van der Waals surface area (Å²) in [6, 6.07) is 22.3. The summed E-state index contributed by atoms with van der Waals surface area (Å²) in [6.45, 7) is 1.70. The van der Waals surface area contributed by atoms with Crippen molar-refractivity contribution in [1.29, 1.82) is 0 Å². The Morgan fingerprint density at radius 3 is 2.36 bits per heavy atom. The molecule has 3 aromatic carbocycles. The van der Waals surface area contributed by atoms with Gasteiger partial charge in [0.25, 0.3) is 0 Å². The molecular weight excluding hydrogens is 420 g/mol. The largest absolute Gasteiger partial charge is 0.457 e. The number of carbonyl (C=O) groups is 3. The summed E-state index contributed by atoms with van der Waals surface area (Å²) in [5, 5.41) is 8.16. The lowest BCUT2D eigenvalue weighted by atomic mass is 10.0. The number of rotatable bonds is 9. The standard InChI is InChI=1S/C25H26N4O4/c1-17(30)28-20-9-5-7-18(13-20)16-27-24(31)15-23(29-25(26)32)19-8-6-12-22(14-19)33-21-10-3-2-4-11-21/h2-14,23H,15-16H2,1H3,(H,27,31)(H,28,30)(H3,26,29,32). The zero-order valence-corrected chi connectivity index (χ0v) is 18.2. The Kier molecular flexibility index (Phi) is 8.02. The van der Waals surface area contributed by atoms with E-state index in [0.717, 1.165) is 5.56 Å². The van der Waals surface area contributed by atoms with Gasteiger partial charge in [-0.2, -0.15) is 0 Å². The number of nitrogens with two attached hydrogens (primary N) is 1. The third-order valence-corrected chi connectivity index (χ3v) is 4.68. The van der Waals surface area contributed by atoms with E-state index in [-0.39, 0.29) is 24.8 Å². The first-order valence-corrected chi connectivity index (χ1v) is 10.4. The predicted octanol–water partition coefficient (Wildman–Crippen LogP) is 3.85. The molecule has 1 atom stereocenters. The molecule has 3 aromatic rings. The lowest BCUT2D eigenvalue weighted by Gasteiger charge is -2.19. The topological polar surface area (TPSA) is 123 Å². The minimum Gasteiger partial charge on any atom is -0.457 e. The highest BCUT2D eigenvalue weighted by Crippen LogP contribution is 2.26. The van der Waals surface area contributed by atoms with Crippen molar-refractivity contribution >= 4 is 23.5 Å². The van der Waals surface area contributed by atoms with E-state index in [0.29, 0.717) is 22.7 Å². The van der Waals surface area contributed by atoms with Gasteiger partial charge in [-0.1, -0.05) is 42.5 Å². The Balaban J connectivity index is 1.65. The molecule has 0 saturated heterocycles. The van der Waals surface area contributed by atoms with Crippen LogP contribution in [0.3, 0.4) is 0 Å². The van der Waals surface area contributed by atoms with E-state index in [4.69, 9.17) is 10.5 Å². The molecule has 33 heavy (non-hydrogen) atoms. The van der Waals surface area contributed by atoms with Crippen molar-refractivity contribution < 1.29 is 19.1 Å². The number of ether oxygens (including phenoxy) is 1. The van der Waals surface area contributed by atoms with Gasteiger partial charge in [0, 0.05) is 19.2 Å². The maximum absolute atomic E-state index is 12.6. The van der Waals surface area contributed by atoms with Crippen LogP contribution in [0.4, 0.5) is 10.5 Å². The van der Waals surface area contributed by atoms with Gasteiger partial charge in [-0.25, -0.2) is 4.79 Å². The number of benzene rings is 3. The van der Waals surface area contributed by atoms with Crippen LogP contribution in [-0.2, 0) is 16.1 Å². The number of hydrogen-bond acceptors (Lipinski definition) is 4. The SMILES string of the molecule is CC(=O)Nc1cccc(CNC(=O)CC(NC(N)=O)c2cccc(Oc3ccccc3)c2)c1. The fourth-order valence-corrected chi connectivity index (χ4v) is 3.26. The summed E-state index contributed by atoms with van der Waals surface area (Å²) in [5.74, 6) is 0.807. The third kappa shape index (κ3) is 7.70. The molecule has 0 spiro atoms. The van der Waals surface area contributed by atoms with Crippen molar-refractivity contribution in [3.05, 3.63) is 90.0 Å². The summed E-state index contributed by atoms with van der Waals surface area (Å²) < 4.78 is 5.85. The van der Waals surface area contributed by atoms with Gasteiger partial charge in [-0.05, 0) is 47.5 Å². The lowest BCUT2D eigenvalue weighted by Crippen LogP contribution is -2.36. The predicted molar refractivity (Wildman–Crippen MR) is 126 cm³/mol. The second-order valence-corrected chi connectivity index (χ2v) is 7.41. The third-order valence-electron chi connectivity index (χ3n) is 4.68. The average Bonchev–Trinajstić information content (AvgIpc) is 2.78. The molecule has 3 rings (SSSR count). The summed E-state index contributed by atoms with van der Waals surface area (Å²) >= 11 is 0. The van der Waals surface area contributed by atoms with E-state index in [1.165, 1.54) is 6.92 Å². The van der Waals surface area contributed by atoms with Crippen LogP contribution >= 0.6 is 0 Å². The number of nitrogens with one attached hydrogen (secondary N) is 3. The Morgan fingerprint density at radius 2 is 1.64 bits per heavy atom. The smallest absolute Gasteiger partial charge is 0.312 e. The second-order valence-electron chi connectivity index (χ2n) is 7.41. The van der Waals surface area contributed by atoms with Crippen LogP contribution in [0.1, 0.15) is 30.5 Å². The molecular formula is C25H26N4O4. The van der Waals surface area contributed by atoms with Crippen molar-refractivity contribution in [3.63, 3.8) is 0 Å². The van der Waals surface area contributed by atoms with Crippen molar-refractivity contribution in [2.75, 3.05) is 5.32 Å². The molecule has 0 aliphatic carbocycles. The molecule has 8 nitrogen and oxygen atoms in total. The zero-order valence-electron chi connectivity index (χ0n) is 18.2. The van der Waals surface area contributed by atoms with Gasteiger partial charge < -0.3 is 26.4 Å². The highest BCUT2D eigenvalue weighted by Gasteiger charge is 2.18. The van der Waals surface area contributed by atoms with Gasteiger partial charge in [-0.15, -0.1) is 0 Å². The molecule has 8 heteroatoms. The summed E-state index contributed by atoms with van der Waals surface area (Å²) in [4.78, 5) is 35.4. The highest BCUT2D eigenvalue weighted by molar-refractivity contribution is 5.88. The van der Waals surface area contributed by atoms with E-state index in [1.807, 2.05) is 36.4 Å². The van der Waals surface area contributed by atoms with Crippen LogP contribution < -0.4 is 26.4 Å². The van der Waals surface area contributed by atoms with E-state index >= 15 is 0 Å². The van der Waals surface area contributed by atoms with E-state index in [2.05, 4.69) is 16.0 Å². The average molecular weight is 447 g/mol. The number of anilines is 1. The van der Waals surface area contributed by atoms with Crippen LogP contribution in [0.2, 0.25) is 0 Å². The fraction of sp³-hybridized carbons (Fsp3) is 0.160. The molecule has 0 aliphatic rings. The normalized spacial score (nSPS) is 11.2. The minimum atomic E-state index is -0.731. The molecule has 0 fully saturated rings. The Labute approximate surface area is 192 Å². The monoisotopic (exact) mass is 446 g/mol. The number of carbonyl (C=O) groups excluding carboxylic acids is 3. The van der Waals surface area contributed by atoms with Crippen LogP contribution in [0, 0.1) is 0 Å². The van der Waals surface area contributed by atoms with Gasteiger partial charge in [0.2, 0.25) is 11.8 Å². The summed E-state index contributed by atoms with van der Waals surface area (Å²) in [6.07, 6.45) is -0.0108.